The van der Waals surface area contributed by atoms with E-state index in [0.29, 0.717) is 5.69 Å². The zero-order valence-corrected chi connectivity index (χ0v) is 10.6. The number of ether oxygens (including phenoxy) is 1. The van der Waals surface area contributed by atoms with Crippen LogP contribution in [0.4, 0.5) is 4.79 Å². The number of fused-ring (bicyclic) bond motifs is 1. The van der Waals surface area contributed by atoms with Gasteiger partial charge in [-0.1, -0.05) is 12.7 Å². The molecule has 19 heavy (non-hydrogen) atoms. The van der Waals surface area contributed by atoms with Gasteiger partial charge in [-0.3, -0.25) is 14.5 Å². The number of rotatable bonds is 2. The Balaban J connectivity index is 2.44. The summed E-state index contributed by atoms with van der Waals surface area (Å²) in [5, 5.41) is 0. The van der Waals surface area contributed by atoms with Gasteiger partial charge in [0.1, 0.15) is 18.6 Å². The second-order valence-corrected chi connectivity index (χ2v) is 4.14. The molecule has 0 spiro atoms. The zero-order valence-electron chi connectivity index (χ0n) is 10.6. The average molecular weight is 263 g/mol. The lowest BCUT2D eigenvalue weighted by Gasteiger charge is -2.25. The maximum absolute atomic E-state index is 12.0. The van der Waals surface area contributed by atoms with E-state index in [2.05, 4.69) is 11.6 Å². The third-order valence-corrected chi connectivity index (χ3v) is 2.94. The summed E-state index contributed by atoms with van der Waals surface area (Å²) in [6.45, 7) is 5.10. The molecule has 1 aliphatic rings. The number of imidazole rings is 1. The molecule has 0 N–H and O–H groups in total. The van der Waals surface area contributed by atoms with Crippen molar-refractivity contribution in [3.63, 3.8) is 0 Å². The smallest absolute Gasteiger partial charge is 0.420 e. The fraction of sp³-hybridized carbons (Fsp3) is 0.333. The lowest BCUT2D eigenvalue weighted by molar-refractivity contribution is -0.129. The van der Waals surface area contributed by atoms with Crippen molar-refractivity contribution in [2.24, 2.45) is 0 Å². The summed E-state index contributed by atoms with van der Waals surface area (Å²) in [5.74, 6) is -1.47. The molecule has 7 nitrogen and oxygen atoms in total. The van der Waals surface area contributed by atoms with Crippen molar-refractivity contribution in [3.8, 4) is 0 Å². The Kier molecular flexibility index (Phi) is 3.20. The molecule has 0 aromatic carbocycles. The summed E-state index contributed by atoms with van der Waals surface area (Å²) in [7, 11) is 1.37. The average Bonchev–Trinajstić information content (AvgIpc) is 2.85. The van der Waals surface area contributed by atoms with Gasteiger partial charge in [0.2, 0.25) is 5.91 Å². The Morgan fingerprint density at radius 1 is 1.58 bits per heavy atom. The molecule has 7 heteroatoms. The van der Waals surface area contributed by atoms with Crippen LogP contribution in [-0.4, -0.2) is 46.0 Å². The topological polar surface area (TPSA) is 81.5 Å². The summed E-state index contributed by atoms with van der Waals surface area (Å²) in [4.78, 5) is 40.5. The van der Waals surface area contributed by atoms with E-state index in [4.69, 9.17) is 4.74 Å². The second-order valence-electron chi connectivity index (χ2n) is 4.14. The highest BCUT2D eigenvalue weighted by molar-refractivity contribution is 6.11. The van der Waals surface area contributed by atoms with Gasteiger partial charge in [0.05, 0.1) is 11.6 Å². The normalized spacial score (nSPS) is 18.2. The van der Waals surface area contributed by atoms with Gasteiger partial charge in [0.15, 0.2) is 0 Å². The molecule has 2 heterocycles. The van der Waals surface area contributed by atoms with E-state index >= 15 is 0 Å². The first-order valence-corrected chi connectivity index (χ1v) is 5.66. The van der Waals surface area contributed by atoms with Crippen molar-refractivity contribution in [2.75, 3.05) is 13.7 Å². The molecule has 0 saturated carbocycles. The minimum absolute atomic E-state index is 0.0320. The number of imide groups is 1. The van der Waals surface area contributed by atoms with E-state index in [-0.39, 0.29) is 18.2 Å². The molecule has 0 radical (unpaired) electrons. The molecule has 1 atom stereocenters. The fourth-order valence-electron chi connectivity index (χ4n) is 1.90. The van der Waals surface area contributed by atoms with Gasteiger partial charge >= 0.3 is 6.09 Å². The monoisotopic (exact) mass is 263 g/mol. The molecular formula is C12H13N3O4. The Morgan fingerprint density at radius 3 is 2.89 bits per heavy atom. The highest BCUT2D eigenvalue weighted by atomic mass is 16.5. The first-order valence-electron chi connectivity index (χ1n) is 5.66. The summed E-state index contributed by atoms with van der Waals surface area (Å²) in [5.41, 5.74) is 0.368. The summed E-state index contributed by atoms with van der Waals surface area (Å²) >= 11 is 0. The largest absolute Gasteiger partial charge is 0.445 e. The number of nitrogens with zero attached hydrogens (tertiary/aromatic N) is 3. The first kappa shape index (κ1) is 13.0. The predicted molar refractivity (Wildman–Crippen MR) is 64.7 cm³/mol. The third kappa shape index (κ3) is 1.92. The van der Waals surface area contributed by atoms with Crippen molar-refractivity contribution in [1.29, 1.82) is 0 Å². The standard InChI is InChI=1S/C12H13N3O4/c1-4-5-19-12(18)15-6-13-8-7(2)10(16)14(3)11(17)9(8)15/h4,6-7H,1,5H2,2-3H3. The van der Waals surface area contributed by atoms with Gasteiger partial charge in [-0.05, 0) is 6.92 Å². The molecule has 1 aromatic rings. The van der Waals surface area contributed by atoms with Gasteiger partial charge in [-0.15, -0.1) is 0 Å². The molecule has 0 fully saturated rings. The van der Waals surface area contributed by atoms with Gasteiger partial charge in [-0.25, -0.2) is 14.3 Å². The van der Waals surface area contributed by atoms with E-state index in [0.717, 1.165) is 9.47 Å². The minimum Gasteiger partial charge on any atom is -0.445 e. The highest BCUT2D eigenvalue weighted by Gasteiger charge is 2.39. The molecule has 0 saturated heterocycles. The Labute approximate surface area is 109 Å². The molecule has 2 rings (SSSR count). The van der Waals surface area contributed by atoms with Crippen LogP contribution in [0, 0.1) is 0 Å². The Hall–Kier alpha value is -2.44. The summed E-state index contributed by atoms with van der Waals surface area (Å²) in [6.07, 6.45) is 1.88. The molecule has 0 bridgehead atoms. The van der Waals surface area contributed by atoms with E-state index < -0.39 is 17.9 Å². The van der Waals surface area contributed by atoms with Crippen molar-refractivity contribution in [3.05, 3.63) is 30.4 Å². The number of hydrogen-bond donors (Lipinski definition) is 0. The molecule has 0 aliphatic carbocycles. The van der Waals surface area contributed by atoms with E-state index in [9.17, 15) is 14.4 Å². The second kappa shape index (κ2) is 4.68. The molecule has 2 amide bonds. The van der Waals surface area contributed by atoms with Gasteiger partial charge in [0.25, 0.3) is 5.91 Å². The first-order chi connectivity index (χ1) is 8.99. The Bertz CT molecular complexity index is 576. The van der Waals surface area contributed by atoms with Crippen LogP contribution in [0.15, 0.2) is 19.0 Å². The van der Waals surface area contributed by atoms with Crippen molar-refractivity contribution >= 4 is 17.9 Å². The highest BCUT2D eigenvalue weighted by Crippen LogP contribution is 2.27. The Morgan fingerprint density at radius 2 is 2.26 bits per heavy atom. The third-order valence-electron chi connectivity index (χ3n) is 2.94. The van der Waals surface area contributed by atoms with E-state index in [1.165, 1.54) is 19.5 Å². The number of aromatic nitrogens is 2. The van der Waals surface area contributed by atoms with E-state index in [1.807, 2.05) is 0 Å². The zero-order chi connectivity index (χ0) is 14.2. The van der Waals surface area contributed by atoms with Crippen LogP contribution in [0.5, 0.6) is 0 Å². The van der Waals surface area contributed by atoms with Gasteiger partial charge in [-0.2, -0.15) is 0 Å². The van der Waals surface area contributed by atoms with Crippen LogP contribution in [0.25, 0.3) is 0 Å². The lowest BCUT2D eigenvalue weighted by atomic mass is 9.99. The van der Waals surface area contributed by atoms with Crippen LogP contribution in [-0.2, 0) is 9.53 Å². The van der Waals surface area contributed by atoms with Crippen LogP contribution >= 0.6 is 0 Å². The predicted octanol–water partition coefficient (Wildman–Crippen LogP) is 0.769. The quantitative estimate of drug-likeness (QED) is 0.581. The van der Waals surface area contributed by atoms with Gasteiger partial charge < -0.3 is 4.74 Å². The van der Waals surface area contributed by atoms with Crippen molar-refractivity contribution in [2.45, 2.75) is 12.8 Å². The number of carbonyl (C=O) groups is 3. The number of carbonyl (C=O) groups excluding carboxylic acids is 3. The lowest BCUT2D eigenvalue weighted by Crippen LogP contribution is -2.42. The maximum Gasteiger partial charge on any atom is 0.420 e. The molecule has 1 aromatic heterocycles. The van der Waals surface area contributed by atoms with Crippen LogP contribution in [0.1, 0.15) is 29.0 Å². The SMILES string of the molecule is C=CCOC(=O)n1cnc2c1C(=O)N(C)C(=O)C2C. The van der Waals surface area contributed by atoms with Crippen LogP contribution < -0.4 is 0 Å². The van der Waals surface area contributed by atoms with Crippen molar-refractivity contribution in [1.82, 2.24) is 14.5 Å². The van der Waals surface area contributed by atoms with Crippen LogP contribution in [0.2, 0.25) is 0 Å². The van der Waals surface area contributed by atoms with Crippen molar-refractivity contribution < 1.29 is 19.1 Å². The maximum atomic E-state index is 12.0. The van der Waals surface area contributed by atoms with E-state index in [1.54, 1.807) is 6.92 Å². The van der Waals surface area contributed by atoms with Gasteiger partial charge in [0, 0.05) is 7.05 Å². The summed E-state index contributed by atoms with van der Waals surface area (Å²) in [6, 6.07) is 0. The minimum atomic E-state index is -0.725. The summed E-state index contributed by atoms with van der Waals surface area (Å²) < 4.78 is 5.87. The number of hydrogen-bond acceptors (Lipinski definition) is 5. The molecule has 100 valence electrons. The molecule has 1 unspecified atom stereocenters. The molecular weight excluding hydrogens is 250 g/mol. The van der Waals surface area contributed by atoms with Crippen LogP contribution in [0.3, 0.4) is 0 Å². The molecule has 1 aliphatic heterocycles. The fourth-order valence-corrected chi connectivity index (χ4v) is 1.90. The number of amides is 2. The number of likely N-dealkylation sites (N-methyl/N-ethyl adjacent to an activating group) is 1.